The molecule has 13 heteroatoms. The van der Waals surface area contributed by atoms with E-state index in [0.717, 1.165) is 77.0 Å². The topological polar surface area (TPSA) is 186 Å². The molecular weight excluding hydrogens is 813 g/mol. The molecule has 2 unspecified atom stereocenters. The molecule has 62 heavy (non-hydrogen) atoms. The first kappa shape index (κ1) is 57.1. The van der Waals surface area contributed by atoms with Crippen molar-refractivity contribution in [3.05, 3.63) is 72.9 Å². The van der Waals surface area contributed by atoms with E-state index in [-0.39, 0.29) is 19.4 Å². The Morgan fingerprint density at radius 3 is 1.55 bits per heavy atom. The van der Waals surface area contributed by atoms with Crippen molar-refractivity contribution in [2.24, 2.45) is 0 Å². The van der Waals surface area contributed by atoms with Crippen molar-refractivity contribution < 1.29 is 56.8 Å². The number of ether oxygens (including phenoxy) is 4. The van der Waals surface area contributed by atoms with Gasteiger partial charge in [-0.25, -0.2) is 0 Å². The van der Waals surface area contributed by atoms with Gasteiger partial charge < -0.3 is 34.3 Å². The molecule has 6 atom stereocenters. The van der Waals surface area contributed by atoms with E-state index >= 15 is 0 Å². The van der Waals surface area contributed by atoms with Gasteiger partial charge in [0.2, 0.25) is 0 Å². The minimum Gasteiger partial charge on any atom is -0.462 e. The number of aliphatic hydroxyl groups excluding tert-OH is 3. The lowest BCUT2D eigenvalue weighted by molar-refractivity contribution is -0.297. The van der Waals surface area contributed by atoms with Gasteiger partial charge in [-0.2, -0.15) is 8.42 Å². The Kier molecular flexibility index (Phi) is 35.5. The predicted molar refractivity (Wildman–Crippen MR) is 247 cm³/mol. The maximum atomic E-state index is 12.8. The number of allylic oxidation sites excluding steroid dienone is 12. The van der Waals surface area contributed by atoms with Crippen molar-refractivity contribution >= 4 is 22.1 Å². The van der Waals surface area contributed by atoms with Crippen LogP contribution in [-0.4, -0.2) is 96.0 Å². The minimum absolute atomic E-state index is 0.147. The van der Waals surface area contributed by atoms with Crippen LogP contribution in [0.2, 0.25) is 0 Å². The molecule has 0 aromatic heterocycles. The van der Waals surface area contributed by atoms with Gasteiger partial charge in [0.15, 0.2) is 12.4 Å². The zero-order valence-corrected chi connectivity index (χ0v) is 38.8. The van der Waals surface area contributed by atoms with Gasteiger partial charge in [0, 0.05) is 12.8 Å². The summed E-state index contributed by atoms with van der Waals surface area (Å²) in [6.07, 6.45) is 39.4. The number of aliphatic hydroxyl groups is 3. The number of carbonyl (C=O) groups excluding carboxylic acids is 2. The summed E-state index contributed by atoms with van der Waals surface area (Å²) in [5, 5.41) is 30.9. The van der Waals surface area contributed by atoms with Gasteiger partial charge in [0.25, 0.3) is 10.1 Å². The van der Waals surface area contributed by atoms with E-state index in [0.29, 0.717) is 12.8 Å². The Bertz CT molecular complexity index is 1420. The second-order valence-corrected chi connectivity index (χ2v) is 17.5. The van der Waals surface area contributed by atoms with Crippen molar-refractivity contribution in [3.63, 3.8) is 0 Å². The third-order valence-electron chi connectivity index (χ3n) is 10.3. The lowest BCUT2D eigenvalue weighted by Gasteiger charge is -2.40. The fourth-order valence-corrected chi connectivity index (χ4v) is 7.33. The first-order valence-corrected chi connectivity index (χ1v) is 25.1. The maximum absolute atomic E-state index is 12.8. The number of carbonyl (C=O) groups is 2. The average Bonchev–Trinajstić information content (AvgIpc) is 3.24. The molecule has 1 fully saturated rings. The molecule has 4 N–H and O–H groups in total. The molecule has 1 aliphatic rings. The van der Waals surface area contributed by atoms with Gasteiger partial charge in [-0.1, -0.05) is 145 Å². The van der Waals surface area contributed by atoms with Crippen LogP contribution in [0.25, 0.3) is 0 Å². The Hall–Kier alpha value is -2.91. The van der Waals surface area contributed by atoms with Crippen molar-refractivity contribution in [1.82, 2.24) is 0 Å². The molecule has 0 saturated carbocycles. The highest BCUT2D eigenvalue weighted by molar-refractivity contribution is 7.85. The quantitative estimate of drug-likeness (QED) is 0.0199. The molecule has 0 aromatic carbocycles. The monoisotopic (exact) mass is 895 g/mol. The molecular formula is C49H82O12S. The molecule has 0 aromatic rings. The largest absolute Gasteiger partial charge is 0.462 e. The third kappa shape index (κ3) is 32.7. The van der Waals surface area contributed by atoms with Gasteiger partial charge in [-0.3, -0.25) is 14.1 Å². The maximum Gasteiger partial charge on any atom is 0.306 e. The van der Waals surface area contributed by atoms with E-state index in [2.05, 4.69) is 86.8 Å². The van der Waals surface area contributed by atoms with Crippen LogP contribution in [0, 0.1) is 0 Å². The normalized spacial score (nSPS) is 20.5. The van der Waals surface area contributed by atoms with Crippen LogP contribution in [-0.2, 0) is 38.7 Å². The van der Waals surface area contributed by atoms with E-state index in [1.807, 2.05) is 0 Å². The summed E-state index contributed by atoms with van der Waals surface area (Å²) >= 11 is 0. The van der Waals surface area contributed by atoms with Crippen LogP contribution in [0.1, 0.15) is 168 Å². The molecule has 1 saturated heterocycles. The van der Waals surface area contributed by atoms with E-state index < -0.39 is 71.2 Å². The summed E-state index contributed by atoms with van der Waals surface area (Å²) in [4.78, 5) is 25.4. The smallest absolute Gasteiger partial charge is 0.306 e. The summed E-state index contributed by atoms with van der Waals surface area (Å²) < 4.78 is 54.1. The highest BCUT2D eigenvalue weighted by Gasteiger charge is 2.46. The lowest BCUT2D eigenvalue weighted by Crippen LogP contribution is -2.60. The van der Waals surface area contributed by atoms with Crippen molar-refractivity contribution in [2.45, 2.75) is 205 Å². The number of unbranched alkanes of at least 4 members (excludes halogenated alkanes) is 14. The Balaban J connectivity index is 2.45. The number of hydrogen-bond acceptors (Lipinski definition) is 11. The van der Waals surface area contributed by atoms with Gasteiger partial charge >= 0.3 is 11.9 Å². The van der Waals surface area contributed by atoms with Crippen LogP contribution in [0.5, 0.6) is 0 Å². The van der Waals surface area contributed by atoms with Gasteiger partial charge in [0.05, 0.1) is 6.61 Å². The van der Waals surface area contributed by atoms with Crippen molar-refractivity contribution in [1.29, 1.82) is 0 Å². The fraction of sp³-hybridized carbons (Fsp3) is 0.714. The van der Waals surface area contributed by atoms with Crippen LogP contribution in [0.15, 0.2) is 72.9 Å². The lowest BCUT2D eigenvalue weighted by atomic mass is 10.00. The highest BCUT2D eigenvalue weighted by atomic mass is 32.2. The van der Waals surface area contributed by atoms with Crippen molar-refractivity contribution in [2.75, 3.05) is 19.0 Å². The number of esters is 2. The predicted octanol–water partition coefficient (Wildman–Crippen LogP) is 9.89. The summed E-state index contributed by atoms with van der Waals surface area (Å²) in [6.45, 7) is 3.58. The van der Waals surface area contributed by atoms with Crippen LogP contribution < -0.4 is 0 Å². The second-order valence-electron chi connectivity index (χ2n) is 16.0. The summed E-state index contributed by atoms with van der Waals surface area (Å²) in [5.74, 6) is -2.05. The Morgan fingerprint density at radius 2 is 1.02 bits per heavy atom. The van der Waals surface area contributed by atoms with Crippen molar-refractivity contribution in [3.8, 4) is 0 Å². The molecule has 356 valence electrons. The molecule has 0 spiro atoms. The van der Waals surface area contributed by atoms with Crippen LogP contribution in [0.4, 0.5) is 0 Å². The number of hydrogen-bond donors (Lipinski definition) is 4. The third-order valence-corrected chi connectivity index (χ3v) is 11.0. The second kappa shape index (κ2) is 38.5. The zero-order chi connectivity index (χ0) is 45.5. The SMILES string of the molecule is CC/C=C/C/C=C/C/C=C/C/C=C/CCCCC(=O)OC[C@H](CO[C@H]1O[C@H](CS(=O)(=O)O)[C@@H](O)C(O)C1O)OC(=O)CCCCCCCCCCC/C=C/C/C=C/CCCCC. The molecule has 0 amide bonds. The molecule has 0 radical (unpaired) electrons. The highest BCUT2D eigenvalue weighted by Crippen LogP contribution is 2.24. The molecule has 0 aliphatic carbocycles. The number of rotatable bonds is 38. The van der Waals surface area contributed by atoms with E-state index in [9.17, 15) is 37.9 Å². The molecule has 1 rings (SSSR count). The summed E-state index contributed by atoms with van der Waals surface area (Å²) in [5.41, 5.74) is 0. The Morgan fingerprint density at radius 1 is 0.565 bits per heavy atom. The average molecular weight is 895 g/mol. The molecule has 12 nitrogen and oxygen atoms in total. The summed E-state index contributed by atoms with van der Waals surface area (Å²) in [6, 6.07) is 0. The van der Waals surface area contributed by atoms with Gasteiger partial charge in [0.1, 0.15) is 36.8 Å². The zero-order valence-electron chi connectivity index (χ0n) is 37.9. The molecule has 1 aliphatic heterocycles. The first-order chi connectivity index (χ1) is 30.0. The van der Waals surface area contributed by atoms with E-state index in [1.54, 1.807) is 0 Å². The van der Waals surface area contributed by atoms with Crippen LogP contribution >= 0.6 is 0 Å². The minimum atomic E-state index is -4.61. The standard InChI is InChI=1S/C49H82O12S/c1-3-5-7-9-11-13-15-17-19-20-21-22-24-26-28-30-32-34-36-38-45(51)60-42(40-59-49-48(54)47(53)46(52)43(61-49)41-62(55,56)57)39-58-44(50)37-35-33-31-29-27-25-23-18-16-14-12-10-8-6-4-2/h6,8,11-14,17-19,23,27,29,42-43,46-49,52-54H,3-5,7,9-10,15-16,20-22,24-26,28,30-41H2,1-2H3,(H,55,56,57)/b8-6+,13-11+,14-12+,19-17+,23-18+,29-27+/t42-,43-,46-,47?,48?,49+/m1/s1. The molecule has 1 heterocycles. The van der Waals surface area contributed by atoms with Gasteiger partial charge in [-0.15, -0.1) is 0 Å². The van der Waals surface area contributed by atoms with E-state index in [1.165, 1.54) is 51.4 Å². The van der Waals surface area contributed by atoms with Crippen LogP contribution in [0.3, 0.4) is 0 Å². The van der Waals surface area contributed by atoms with Gasteiger partial charge in [-0.05, 0) is 83.5 Å². The fourth-order valence-electron chi connectivity index (χ4n) is 6.64. The van der Waals surface area contributed by atoms with E-state index in [4.69, 9.17) is 18.9 Å². The summed E-state index contributed by atoms with van der Waals surface area (Å²) in [7, 11) is -4.61. The first-order valence-electron chi connectivity index (χ1n) is 23.5. The Labute approximate surface area is 374 Å². The molecule has 0 bridgehead atoms.